The van der Waals surface area contributed by atoms with Crippen LogP contribution in [0.15, 0.2) is 53.6 Å². The van der Waals surface area contributed by atoms with Crippen molar-refractivity contribution in [2.75, 3.05) is 19.0 Å². The largest absolute Gasteiger partial charge is 0.495 e. The van der Waals surface area contributed by atoms with Crippen molar-refractivity contribution in [1.29, 1.82) is 0 Å². The van der Waals surface area contributed by atoms with Gasteiger partial charge in [-0.15, -0.1) is 5.10 Å². The Bertz CT molecular complexity index is 1020. The summed E-state index contributed by atoms with van der Waals surface area (Å²) in [6.07, 6.45) is 4.48. The fraction of sp³-hybridized carbons (Fsp3) is 0.333. The van der Waals surface area contributed by atoms with Crippen LogP contribution in [0.3, 0.4) is 0 Å². The molecule has 0 amide bonds. The summed E-state index contributed by atoms with van der Waals surface area (Å²) in [5.74, 6) is 1.95. The van der Waals surface area contributed by atoms with E-state index in [1.807, 2.05) is 30.3 Å². The van der Waals surface area contributed by atoms with Crippen molar-refractivity contribution >= 4 is 5.69 Å². The first-order valence-corrected chi connectivity index (χ1v) is 9.49. The van der Waals surface area contributed by atoms with Gasteiger partial charge in [0, 0.05) is 36.8 Å². The highest BCUT2D eigenvalue weighted by Gasteiger charge is 2.40. The summed E-state index contributed by atoms with van der Waals surface area (Å²) in [6.45, 7) is 0.983. The molecule has 1 N–H and O–H groups in total. The summed E-state index contributed by atoms with van der Waals surface area (Å²) in [5.41, 5.74) is 2.12. The third-order valence-corrected chi connectivity index (χ3v) is 4.97. The van der Waals surface area contributed by atoms with Crippen LogP contribution in [0.5, 0.6) is 11.6 Å². The minimum absolute atomic E-state index is 0.208. The molecule has 1 fully saturated rings. The summed E-state index contributed by atoms with van der Waals surface area (Å²) >= 11 is 0. The standard InChI is InChI=1S/C21H23N5O3/c1-26-21(27)19(23-11-15-5-3-4-8-22-15)10-20(25-26)29-13-14-9-17(14)18-7-6-16(28-2)12-24-18/h3-8,10,12,14,17,23H,9,11,13H2,1-2H3/t14?,17-/m1/s1. The summed E-state index contributed by atoms with van der Waals surface area (Å²) in [4.78, 5) is 21.0. The van der Waals surface area contributed by atoms with Gasteiger partial charge < -0.3 is 14.8 Å². The molecule has 3 aromatic rings. The van der Waals surface area contributed by atoms with Crippen molar-refractivity contribution in [3.05, 3.63) is 70.5 Å². The van der Waals surface area contributed by atoms with Crippen molar-refractivity contribution in [2.24, 2.45) is 13.0 Å². The van der Waals surface area contributed by atoms with Gasteiger partial charge in [-0.1, -0.05) is 6.07 Å². The molecule has 3 heterocycles. The Hall–Kier alpha value is -3.42. The molecule has 2 atom stereocenters. The van der Waals surface area contributed by atoms with Crippen molar-refractivity contribution in [3.8, 4) is 11.6 Å². The summed E-state index contributed by atoms with van der Waals surface area (Å²) in [5, 5.41) is 7.32. The second kappa shape index (κ2) is 8.30. The van der Waals surface area contributed by atoms with Crippen LogP contribution in [-0.4, -0.2) is 33.5 Å². The van der Waals surface area contributed by atoms with E-state index < -0.39 is 0 Å². The van der Waals surface area contributed by atoms with Crippen LogP contribution >= 0.6 is 0 Å². The summed E-state index contributed by atoms with van der Waals surface area (Å²) in [7, 11) is 3.24. The number of nitrogens with zero attached hydrogens (tertiary/aromatic N) is 4. The average molecular weight is 393 g/mol. The topological polar surface area (TPSA) is 91.2 Å². The molecular weight excluding hydrogens is 370 g/mol. The number of aryl methyl sites for hydroxylation is 1. The van der Waals surface area contributed by atoms with Crippen LogP contribution in [0.1, 0.15) is 23.7 Å². The van der Waals surface area contributed by atoms with Gasteiger partial charge in [-0.2, -0.15) is 0 Å². The molecule has 0 bridgehead atoms. The Morgan fingerprint density at radius 2 is 2.14 bits per heavy atom. The van der Waals surface area contributed by atoms with Gasteiger partial charge >= 0.3 is 0 Å². The zero-order chi connectivity index (χ0) is 20.2. The maximum Gasteiger partial charge on any atom is 0.290 e. The van der Waals surface area contributed by atoms with Crippen molar-refractivity contribution in [2.45, 2.75) is 18.9 Å². The van der Waals surface area contributed by atoms with Crippen LogP contribution in [-0.2, 0) is 13.6 Å². The van der Waals surface area contributed by atoms with Gasteiger partial charge in [-0.05, 0) is 30.7 Å². The monoisotopic (exact) mass is 393 g/mol. The van der Waals surface area contributed by atoms with Gasteiger partial charge in [-0.25, -0.2) is 4.68 Å². The van der Waals surface area contributed by atoms with E-state index in [4.69, 9.17) is 9.47 Å². The highest BCUT2D eigenvalue weighted by molar-refractivity contribution is 5.43. The third-order valence-electron chi connectivity index (χ3n) is 4.97. The van der Waals surface area contributed by atoms with Crippen LogP contribution in [0.2, 0.25) is 0 Å². The van der Waals surface area contributed by atoms with E-state index in [1.54, 1.807) is 32.6 Å². The molecule has 150 valence electrons. The van der Waals surface area contributed by atoms with Crippen LogP contribution < -0.4 is 20.3 Å². The second-order valence-corrected chi connectivity index (χ2v) is 7.04. The van der Waals surface area contributed by atoms with Crippen LogP contribution in [0.25, 0.3) is 0 Å². The fourth-order valence-electron chi connectivity index (χ4n) is 3.19. The number of nitrogens with one attached hydrogen (secondary N) is 1. The van der Waals surface area contributed by atoms with E-state index in [9.17, 15) is 4.79 Å². The molecule has 8 nitrogen and oxygen atoms in total. The van der Waals surface area contributed by atoms with E-state index in [-0.39, 0.29) is 5.56 Å². The summed E-state index contributed by atoms with van der Waals surface area (Å²) < 4.78 is 12.3. The Labute approximate surface area is 168 Å². The predicted molar refractivity (Wildman–Crippen MR) is 108 cm³/mol. The van der Waals surface area contributed by atoms with E-state index in [1.165, 1.54) is 4.68 Å². The highest BCUT2D eigenvalue weighted by atomic mass is 16.5. The molecule has 1 aliphatic rings. The number of rotatable bonds is 8. The molecule has 0 saturated heterocycles. The van der Waals surface area contributed by atoms with Gasteiger partial charge in [0.25, 0.3) is 5.56 Å². The van der Waals surface area contributed by atoms with E-state index in [0.717, 1.165) is 23.6 Å². The Balaban J connectivity index is 1.36. The predicted octanol–water partition coefficient (Wildman–Crippen LogP) is 2.37. The normalized spacial score (nSPS) is 17.6. The lowest BCUT2D eigenvalue weighted by Gasteiger charge is -2.10. The highest BCUT2D eigenvalue weighted by Crippen LogP contribution is 2.46. The van der Waals surface area contributed by atoms with Crippen molar-refractivity contribution in [3.63, 3.8) is 0 Å². The first kappa shape index (κ1) is 18.9. The lowest BCUT2D eigenvalue weighted by atomic mass is 10.2. The number of aromatic nitrogens is 4. The van der Waals surface area contributed by atoms with Gasteiger partial charge in [0.15, 0.2) is 0 Å². The molecule has 1 aliphatic carbocycles. The van der Waals surface area contributed by atoms with Gasteiger partial charge in [0.05, 0.1) is 32.2 Å². The molecule has 29 heavy (non-hydrogen) atoms. The number of anilines is 1. The number of ether oxygens (including phenoxy) is 2. The zero-order valence-electron chi connectivity index (χ0n) is 16.4. The maximum atomic E-state index is 12.3. The number of hydrogen-bond acceptors (Lipinski definition) is 7. The minimum atomic E-state index is -0.208. The molecule has 1 saturated carbocycles. The average Bonchev–Trinajstić information content (AvgIpc) is 3.54. The number of hydrogen-bond donors (Lipinski definition) is 1. The molecule has 3 aromatic heterocycles. The Kier molecular flexibility index (Phi) is 5.41. The van der Waals surface area contributed by atoms with Crippen LogP contribution in [0, 0.1) is 5.92 Å². The first-order chi connectivity index (χ1) is 14.1. The second-order valence-electron chi connectivity index (χ2n) is 7.04. The van der Waals surface area contributed by atoms with E-state index in [0.29, 0.717) is 36.6 Å². The molecule has 0 radical (unpaired) electrons. The fourth-order valence-corrected chi connectivity index (χ4v) is 3.19. The van der Waals surface area contributed by atoms with Gasteiger partial charge in [-0.3, -0.25) is 14.8 Å². The molecule has 1 unspecified atom stereocenters. The molecule has 0 aromatic carbocycles. The quantitative estimate of drug-likeness (QED) is 0.628. The lowest BCUT2D eigenvalue weighted by Crippen LogP contribution is -2.24. The summed E-state index contributed by atoms with van der Waals surface area (Å²) in [6, 6.07) is 11.2. The van der Waals surface area contributed by atoms with Crippen molar-refractivity contribution in [1.82, 2.24) is 19.7 Å². The molecule has 4 rings (SSSR count). The molecule has 0 aliphatic heterocycles. The molecular formula is C21H23N5O3. The Morgan fingerprint density at radius 3 is 2.86 bits per heavy atom. The van der Waals surface area contributed by atoms with E-state index >= 15 is 0 Å². The zero-order valence-corrected chi connectivity index (χ0v) is 16.4. The Morgan fingerprint density at radius 1 is 1.24 bits per heavy atom. The maximum absolute atomic E-state index is 12.3. The van der Waals surface area contributed by atoms with Gasteiger partial charge in [0.1, 0.15) is 11.4 Å². The van der Waals surface area contributed by atoms with E-state index in [2.05, 4.69) is 20.4 Å². The lowest BCUT2D eigenvalue weighted by molar-refractivity contribution is 0.278. The minimum Gasteiger partial charge on any atom is -0.495 e. The van der Waals surface area contributed by atoms with Crippen LogP contribution in [0.4, 0.5) is 5.69 Å². The molecule has 0 spiro atoms. The smallest absolute Gasteiger partial charge is 0.290 e. The van der Waals surface area contributed by atoms with Crippen molar-refractivity contribution < 1.29 is 9.47 Å². The first-order valence-electron chi connectivity index (χ1n) is 9.49. The third kappa shape index (κ3) is 4.53. The molecule has 8 heteroatoms. The number of methoxy groups -OCH3 is 1. The SMILES string of the molecule is COc1ccc([C@@H]2CC2COc2cc(NCc3ccccn3)c(=O)n(C)n2)nc1. The van der Waals surface area contributed by atoms with Gasteiger partial charge in [0.2, 0.25) is 5.88 Å². The number of pyridine rings is 2.